The number of benzene rings is 2. The minimum absolute atomic E-state index is 0.0641. The molecule has 40 heavy (non-hydrogen) atoms. The molecule has 1 amide bonds. The largest absolute Gasteiger partial charge is 0.337 e. The fraction of sp³-hybridized carbons (Fsp3) is 0.194. The van der Waals surface area contributed by atoms with E-state index in [4.69, 9.17) is 4.98 Å². The van der Waals surface area contributed by atoms with Gasteiger partial charge in [-0.2, -0.15) is 5.10 Å². The predicted octanol–water partition coefficient (Wildman–Crippen LogP) is 6.89. The molecule has 7 rings (SSSR count). The van der Waals surface area contributed by atoms with Gasteiger partial charge in [-0.3, -0.25) is 14.9 Å². The molecule has 0 aliphatic heterocycles. The topological polar surface area (TPSA) is 112 Å². The number of fused-ring (bicyclic) bond motifs is 2. The van der Waals surface area contributed by atoms with Crippen molar-refractivity contribution >= 4 is 33.7 Å². The molecule has 6 aromatic rings. The zero-order chi connectivity index (χ0) is 27.1. The standard InChI is InChI=1S/C31H26FN7O/c32-22-11-9-18(10-12-22)24-7-4-8-26-27(24)37-30(36-26)28-25-14-21(16-34-29(25)39-38-28)20-13-23(17-33-15-20)35-31(40)19-5-2-1-3-6-19/h4,7-17,19H,1-3,5-6H2,(H,35,40)(H,36,37)(H,34,38,39). The molecule has 0 bridgehead atoms. The van der Waals surface area contributed by atoms with Crippen molar-refractivity contribution in [2.45, 2.75) is 32.1 Å². The van der Waals surface area contributed by atoms with Crippen LogP contribution in [0.4, 0.5) is 10.1 Å². The normalized spacial score (nSPS) is 14.1. The van der Waals surface area contributed by atoms with Gasteiger partial charge in [0.15, 0.2) is 11.5 Å². The van der Waals surface area contributed by atoms with E-state index in [1.165, 1.54) is 18.6 Å². The summed E-state index contributed by atoms with van der Waals surface area (Å²) < 4.78 is 13.5. The highest BCUT2D eigenvalue weighted by molar-refractivity contribution is 5.97. The number of hydrogen-bond acceptors (Lipinski definition) is 5. The number of pyridine rings is 2. The van der Waals surface area contributed by atoms with Crippen molar-refractivity contribution < 1.29 is 9.18 Å². The third kappa shape index (κ3) is 4.49. The zero-order valence-electron chi connectivity index (χ0n) is 21.6. The van der Waals surface area contributed by atoms with E-state index in [0.29, 0.717) is 22.9 Å². The monoisotopic (exact) mass is 531 g/mol. The molecule has 0 radical (unpaired) electrons. The Kier molecular flexibility index (Phi) is 6.03. The summed E-state index contributed by atoms with van der Waals surface area (Å²) in [6.45, 7) is 0. The Morgan fingerprint density at radius 2 is 1.75 bits per heavy atom. The number of H-pyrrole nitrogens is 2. The highest BCUT2D eigenvalue weighted by Crippen LogP contribution is 2.33. The maximum absolute atomic E-state index is 13.5. The zero-order valence-corrected chi connectivity index (χ0v) is 21.6. The molecule has 0 atom stereocenters. The van der Waals surface area contributed by atoms with Gasteiger partial charge in [0.05, 0.1) is 28.3 Å². The average molecular weight is 532 g/mol. The molecule has 1 fully saturated rings. The SMILES string of the molecule is O=C(Nc1cncc(-c2cnc3[nH]nc(-c4nc5c(-c6ccc(F)cc6)cccc5[nH]4)c3c2)c1)C1CCCCC1. The van der Waals surface area contributed by atoms with Crippen LogP contribution in [0.3, 0.4) is 0 Å². The summed E-state index contributed by atoms with van der Waals surface area (Å²) >= 11 is 0. The van der Waals surface area contributed by atoms with Gasteiger partial charge in [-0.1, -0.05) is 43.5 Å². The Labute approximate surface area is 229 Å². The summed E-state index contributed by atoms with van der Waals surface area (Å²) in [7, 11) is 0. The van der Waals surface area contributed by atoms with E-state index < -0.39 is 0 Å². The first kappa shape index (κ1) is 24.1. The van der Waals surface area contributed by atoms with Gasteiger partial charge < -0.3 is 10.3 Å². The van der Waals surface area contributed by atoms with Crippen molar-refractivity contribution in [1.82, 2.24) is 30.1 Å². The molecule has 0 unspecified atom stereocenters. The molecule has 1 aliphatic rings. The number of nitrogens with one attached hydrogen (secondary N) is 3. The van der Waals surface area contributed by atoms with Gasteiger partial charge >= 0.3 is 0 Å². The quantitative estimate of drug-likeness (QED) is 0.224. The molecule has 9 heteroatoms. The van der Waals surface area contributed by atoms with Gasteiger partial charge in [0.25, 0.3) is 0 Å². The van der Waals surface area contributed by atoms with Gasteiger partial charge in [-0.15, -0.1) is 0 Å². The molecule has 1 saturated carbocycles. The number of carbonyl (C=O) groups excluding carboxylic acids is 1. The lowest BCUT2D eigenvalue weighted by molar-refractivity contribution is -0.120. The maximum atomic E-state index is 13.5. The predicted molar refractivity (Wildman–Crippen MR) is 153 cm³/mol. The second-order valence-electron chi connectivity index (χ2n) is 10.3. The van der Waals surface area contributed by atoms with Crippen LogP contribution in [0.5, 0.6) is 0 Å². The van der Waals surface area contributed by atoms with Gasteiger partial charge in [0.2, 0.25) is 5.91 Å². The number of anilines is 1. The lowest BCUT2D eigenvalue weighted by Crippen LogP contribution is -2.24. The van der Waals surface area contributed by atoms with Gasteiger partial charge in [0, 0.05) is 35.0 Å². The smallest absolute Gasteiger partial charge is 0.227 e. The van der Waals surface area contributed by atoms with Crippen LogP contribution < -0.4 is 5.32 Å². The molecule has 2 aromatic carbocycles. The molecular weight excluding hydrogens is 505 g/mol. The number of rotatable bonds is 5. The van der Waals surface area contributed by atoms with E-state index in [2.05, 4.69) is 30.5 Å². The molecule has 4 aromatic heterocycles. The fourth-order valence-corrected chi connectivity index (χ4v) is 5.52. The lowest BCUT2D eigenvalue weighted by atomic mass is 9.88. The van der Waals surface area contributed by atoms with Crippen LogP contribution in [0.15, 0.2) is 73.2 Å². The number of halogens is 1. The van der Waals surface area contributed by atoms with Crippen LogP contribution in [-0.4, -0.2) is 36.0 Å². The third-order valence-corrected chi connectivity index (χ3v) is 7.62. The van der Waals surface area contributed by atoms with Crippen molar-refractivity contribution in [2.24, 2.45) is 5.92 Å². The summed E-state index contributed by atoms with van der Waals surface area (Å²) in [5, 5.41) is 11.4. The first-order chi connectivity index (χ1) is 19.6. The Balaban J connectivity index is 1.22. The number of hydrogen-bond donors (Lipinski definition) is 3. The number of imidazole rings is 1. The van der Waals surface area contributed by atoms with Crippen molar-refractivity contribution in [1.29, 1.82) is 0 Å². The molecule has 198 valence electrons. The lowest BCUT2D eigenvalue weighted by Gasteiger charge is -2.20. The number of amides is 1. The summed E-state index contributed by atoms with van der Waals surface area (Å²) in [4.78, 5) is 30.0. The Bertz CT molecular complexity index is 1850. The van der Waals surface area contributed by atoms with Crippen LogP contribution >= 0.6 is 0 Å². The molecule has 4 heterocycles. The molecule has 8 nitrogen and oxygen atoms in total. The van der Waals surface area contributed by atoms with Crippen molar-refractivity contribution in [2.75, 3.05) is 5.32 Å². The summed E-state index contributed by atoms with van der Waals surface area (Å²) in [5.41, 5.74) is 7.03. The van der Waals surface area contributed by atoms with Crippen molar-refractivity contribution in [3.8, 4) is 33.8 Å². The van der Waals surface area contributed by atoms with E-state index in [0.717, 1.165) is 64.4 Å². The first-order valence-corrected chi connectivity index (χ1v) is 13.5. The summed E-state index contributed by atoms with van der Waals surface area (Å²) in [5.74, 6) is 0.448. The molecule has 3 N–H and O–H groups in total. The fourth-order valence-electron chi connectivity index (χ4n) is 5.52. The number of nitrogens with zero attached hydrogens (tertiary/aromatic N) is 4. The van der Waals surface area contributed by atoms with Crippen LogP contribution in [0, 0.1) is 11.7 Å². The first-order valence-electron chi connectivity index (χ1n) is 13.5. The Hall–Kier alpha value is -4.92. The minimum atomic E-state index is -0.280. The van der Waals surface area contributed by atoms with E-state index in [-0.39, 0.29) is 17.6 Å². The molecule has 0 spiro atoms. The van der Waals surface area contributed by atoms with E-state index in [1.54, 1.807) is 30.7 Å². The van der Waals surface area contributed by atoms with Gasteiger partial charge in [0.1, 0.15) is 11.5 Å². The van der Waals surface area contributed by atoms with Crippen LogP contribution in [-0.2, 0) is 4.79 Å². The van der Waals surface area contributed by atoms with Gasteiger partial charge in [-0.05, 0) is 48.7 Å². The minimum Gasteiger partial charge on any atom is -0.337 e. The van der Waals surface area contributed by atoms with E-state index in [9.17, 15) is 9.18 Å². The van der Waals surface area contributed by atoms with Gasteiger partial charge in [-0.25, -0.2) is 14.4 Å². The number of aromatic amines is 2. The molecular formula is C31H26FN7O. The number of carbonyl (C=O) groups is 1. The highest BCUT2D eigenvalue weighted by Gasteiger charge is 2.21. The van der Waals surface area contributed by atoms with Crippen molar-refractivity contribution in [3.05, 3.63) is 79.0 Å². The summed E-state index contributed by atoms with van der Waals surface area (Å²) in [6, 6.07) is 16.2. The summed E-state index contributed by atoms with van der Waals surface area (Å²) in [6.07, 6.45) is 10.5. The number of para-hydroxylation sites is 1. The average Bonchev–Trinajstić information content (AvgIpc) is 3.62. The van der Waals surface area contributed by atoms with E-state index in [1.807, 2.05) is 30.3 Å². The highest BCUT2D eigenvalue weighted by atomic mass is 19.1. The number of aromatic nitrogens is 6. The van der Waals surface area contributed by atoms with Crippen molar-refractivity contribution in [3.63, 3.8) is 0 Å². The maximum Gasteiger partial charge on any atom is 0.227 e. The third-order valence-electron chi connectivity index (χ3n) is 7.62. The van der Waals surface area contributed by atoms with E-state index >= 15 is 0 Å². The second-order valence-corrected chi connectivity index (χ2v) is 10.3. The molecule has 0 saturated heterocycles. The van der Waals surface area contributed by atoms with Crippen LogP contribution in [0.25, 0.3) is 55.8 Å². The Morgan fingerprint density at radius 1 is 0.925 bits per heavy atom. The Morgan fingerprint density at radius 3 is 2.60 bits per heavy atom. The molecule has 1 aliphatic carbocycles. The van der Waals surface area contributed by atoms with Crippen LogP contribution in [0.2, 0.25) is 0 Å². The second kappa shape index (κ2) is 10.00. The van der Waals surface area contributed by atoms with Crippen LogP contribution in [0.1, 0.15) is 32.1 Å².